The van der Waals surface area contributed by atoms with Crippen LogP contribution in [0.15, 0.2) is 12.1 Å². The van der Waals surface area contributed by atoms with Crippen molar-refractivity contribution in [2.45, 2.75) is 32.9 Å². The molecule has 1 unspecified atom stereocenters. The summed E-state index contributed by atoms with van der Waals surface area (Å²) >= 11 is 0. The van der Waals surface area contributed by atoms with Crippen molar-refractivity contribution in [3.63, 3.8) is 0 Å². The van der Waals surface area contributed by atoms with Crippen LogP contribution in [0.5, 0.6) is 5.75 Å². The summed E-state index contributed by atoms with van der Waals surface area (Å²) in [6.07, 6.45) is -0.0950. The number of aryl methyl sites for hydroxylation is 1. The molecule has 0 spiro atoms. The first kappa shape index (κ1) is 13.9. The molecule has 17 heavy (non-hydrogen) atoms. The molecule has 0 aliphatic heterocycles. The maximum absolute atomic E-state index is 13.5. The van der Waals surface area contributed by atoms with E-state index in [9.17, 15) is 4.39 Å². The second-order valence-electron chi connectivity index (χ2n) is 4.31. The molecule has 0 saturated heterocycles. The van der Waals surface area contributed by atoms with E-state index in [1.54, 1.807) is 27.0 Å². The smallest absolute Gasteiger partial charge is 0.126 e. The Balaban J connectivity index is 3.00. The van der Waals surface area contributed by atoms with Gasteiger partial charge in [-0.05, 0) is 38.5 Å². The number of ether oxygens (including phenoxy) is 2. The van der Waals surface area contributed by atoms with Gasteiger partial charge in [-0.25, -0.2) is 4.39 Å². The minimum atomic E-state index is -0.269. The lowest BCUT2D eigenvalue weighted by Gasteiger charge is -2.19. The van der Waals surface area contributed by atoms with E-state index >= 15 is 0 Å². The van der Waals surface area contributed by atoms with Gasteiger partial charge in [-0.3, -0.25) is 0 Å². The fourth-order valence-electron chi connectivity index (χ4n) is 1.61. The van der Waals surface area contributed by atoms with Crippen molar-refractivity contribution in [3.05, 3.63) is 29.1 Å². The lowest BCUT2D eigenvalue weighted by atomic mass is 10.0. The third kappa shape index (κ3) is 3.68. The number of halogens is 1. The molecule has 0 heterocycles. The summed E-state index contributed by atoms with van der Waals surface area (Å²) in [4.78, 5) is 0. The van der Waals surface area contributed by atoms with Crippen LogP contribution >= 0.6 is 0 Å². The van der Waals surface area contributed by atoms with E-state index in [0.29, 0.717) is 23.5 Å². The molecule has 0 aliphatic rings. The highest BCUT2D eigenvalue weighted by atomic mass is 19.1. The third-order valence-corrected chi connectivity index (χ3v) is 2.51. The van der Waals surface area contributed by atoms with E-state index < -0.39 is 0 Å². The van der Waals surface area contributed by atoms with Gasteiger partial charge in [0.2, 0.25) is 0 Å². The molecule has 2 N–H and O–H groups in total. The van der Waals surface area contributed by atoms with Gasteiger partial charge >= 0.3 is 0 Å². The highest BCUT2D eigenvalue weighted by Gasteiger charge is 2.14. The normalized spacial score (nSPS) is 14.5. The molecule has 3 nitrogen and oxygen atoms in total. The molecule has 1 aromatic carbocycles. The van der Waals surface area contributed by atoms with Crippen molar-refractivity contribution in [1.29, 1.82) is 0 Å². The minimum Gasteiger partial charge on any atom is -0.488 e. The SMILES string of the molecule is COCC(C)Oc1cc(C)c(F)cc1[C@@H](C)N. The van der Waals surface area contributed by atoms with Crippen molar-refractivity contribution in [1.82, 2.24) is 0 Å². The predicted molar refractivity (Wildman–Crippen MR) is 65.7 cm³/mol. The van der Waals surface area contributed by atoms with Gasteiger partial charge in [-0.2, -0.15) is 0 Å². The van der Waals surface area contributed by atoms with Gasteiger partial charge in [0, 0.05) is 18.7 Å². The molecule has 0 aliphatic carbocycles. The van der Waals surface area contributed by atoms with E-state index in [1.165, 1.54) is 6.07 Å². The van der Waals surface area contributed by atoms with Gasteiger partial charge in [0.25, 0.3) is 0 Å². The Hall–Kier alpha value is -1.13. The summed E-state index contributed by atoms with van der Waals surface area (Å²) in [5.41, 5.74) is 7.03. The molecule has 96 valence electrons. The molecule has 0 fully saturated rings. The summed E-state index contributed by atoms with van der Waals surface area (Å²) in [7, 11) is 1.61. The first-order valence-corrected chi connectivity index (χ1v) is 5.67. The van der Waals surface area contributed by atoms with Crippen molar-refractivity contribution in [2.75, 3.05) is 13.7 Å². The highest BCUT2D eigenvalue weighted by molar-refractivity contribution is 5.40. The maximum atomic E-state index is 13.5. The number of methoxy groups -OCH3 is 1. The molecular formula is C13H20FNO2. The summed E-state index contributed by atoms with van der Waals surface area (Å²) < 4.78 is 24.2. The van der Waals surface area contributed by atoms with Crippen molar-refractivity contribution < 1.29 is 13.9 Å². The molecule has 2 atom stereocenters. The minimum absolute atomic E-state index is 0.0950. The van der Waals surface area contributed by atoms with Gasteiger partial charge in [0.15, 0.2) is 0 Å². The van der Waals surface area contributed by atoms with Gasteiger partial charge in [0.1, 0.15) is 17.7 Å². The monoisotopic (exact) mass is 241 g/mol. The van der Waals surface area contributed by atoms with Crippen molar-refractivity contribution in [3.8, 4) is 5.75 Å². The summed E-state index contributed by atoms with van der Waals surface area (Å²) in [6.45, 7) is 5.88. The highest BCUT2D eigenvalue weighted by Crippen LogP contribution is 2.28. The van der Waals surface area contributed by atoms with Gasteiger partial charge < -0.3 is 15.2 Å². The zero-order chi connectivity index (χ0) is 13.0. The van der Waals surface area contributed by atoms with E-state index in [-0.39, 0.29) is 18.0 Å². The van der Waals surface area contributed by atoms with Crippen LogP contribution in [0.2, 0.25) is 0 Å². The number of hydrogen-bond donors (Lipinski definition) is 1. The number of benzene rings is 1. The topological polar surface area (TPSA) is 44.5 Å². The molecule has 4 heteroatoms. The van der Waals surface area contributed by atoms with Gasteiger partial charge in [0.05, 0.1) is 6.61 Å². The molecule has 1 aromatic rings. The van der Waals surface area contributed by atoms with Crippen molar-refractivity contribution in [2.24, 2.45) is 5.73 Å². The van der Waals surface area contributed by atoms with Crippen LogP contribution < -0.4 is 10.5 Å². The van der Waals surface area contributed by atoms with Gasteiger partial charge in [-0.15, -0.1) is 0 Å². The summed E-state index contributed by atoms with van der Waals surface area (Å²) in [5, 5.41) is 0. The second kappa shape index (κ2) is 5.98. The first-order chi connectivity index (χ1) is 7.95. The predicted octanol–water partition coefficient (Wildman–Crippen LogP) is 2.57. The fraction of sp³-hybridized carbons (Fsp3) is 0.538. The van der Waals surface area contributed by atoms with E-state index in [1.807, 2.05) is 6.92 Å². The van der Waals surface area contributed by atoms with Crippen LogP contribution in [0.3, 0.4) is 0 Å². The van der Waals surface area contributed by atoms with Crippen LogP contribution in [0, 0.1) is 12.7 Å². The average Bonchev–Trinajstić information content (AvgIpc) is 2.23. The van der Waals surface area contributed by atoms with Crippen LogP contribution in [0.1, 0.15) is 31.0 Å². The lowest BCUT2D eigenvalue weighted by Crippen LogP contribution is -2.20. The number of nitrogens with two attached hydrogens (primary N) is 1. The zero-order valence-corrected chi connectivity index (χ0v) is 10.8. The Kier molecular flexibility index (Phi) is 4.90. The summed E-state index contributed by atoms with van der Waals surface area (Å²) in [5.74, 6) is 0.368. The largest absolute Gasteiger partial charge is 0.488 e. The Morgan fingerprint density at radius 1 is 1.35 bits per heavy atom. The van der Waals surface area contributed by atoms with E-state index in [0.717, 1.165) is 0 Å². The van der Waals surface area contributed by atoms with E-state index in [4.69, 9.17) is 15.2 Å². The molecule has 0 radical (unpaired) electrons. The lowest BCUT2D eigenvalue weighted by molar-refractivity contribution is 0.0911. The van der Waals surface area contributed by atoms with Crippen LogP contribution in [-0.2, 0) is 4.74 Å². The number of rotatable bonds is 5. The summed E-state index contributed by atoms with van der Waals surface area (Å²) in [6, 6.07) is 2.85. The third-order valence-electron chi connectivity index (χ3n) is 2.51. The molecular weight excluding hydrogens is 221 g/mol. The molecule has 0 amide bonds. The maximum Gasteiger partial charge on any atom is 0.126 e. The van der Waals surface area contributed by atoms with Gasteiger partial charge in [-0.1, -0.05) is 0 Å². The molecule has 1 rings (SSSR count). The molecule has 0 bridgehead atoms. The first-order valence-electron chi connectivity index (χ1n) is 5.67. The second-order valence-corrected chi connectivity index (χ2v) is 4.31. The Morgan fingerprint density at radius 2 is 2.00 bits per heavy atom. The fourth-order valence-corrected chi connectivity index (χ4v) is 1.61. The standard InChI is InChI=1S/C13H20FNO2/c1-8-5-13(17-9(2)7-16-4)11(10(3)15)6-12(8)14/h5-6,9-10H,7,15H2,1-4H3/t9?,10-/m1/s1. The Labute approximate surface area is 102 Å². The quantitative estimate of drug-likeness (QED) is 0.861. The zero-order valence-electron chi connectivity index (χ0n) is 10.8. The Morgan fingerprint density at radius 3 is 2.53 bits per heavy atom. The average molecular weight is 241 g/mol. The van der Waals surface area contributed by atoms with Crippen LogP contribution in [0.4, 0.5) is 4.39 Å². The van der Waals surface area contributed by atoms with Crippen molar-refractivity contribution >= 4 is 0 Å². The van der Waals surface area contributed by atoms with E-state index in [2.05, 4.69) is 0 Å². The van der Waals surface area contributed by atoms with Crippen LogP contribution in [0.25, 0.3) is 0 Å². The molecule has 0 saturated carbocycles. The Bertz CT molecular complexity index is 380. The number of hydrogen-bond acceptors (Lipinski definition) is 3. The molecule has 0 aromatic heterocycles. The van der Waals surface area contributed by atoms with Crippen LogP contribution in [-0.4, -0.2) is 19.8 Å².